The van der Waals surface area contributed by atoms with Crippen LogP contribution in [0, 0.1) is 6.92 Å². The quantitative estimate of drug-likeness (QED) is 0.805. The number of hydrogen-bond donors (Lipinski definition) is 0. The zero-order valence-corrected chi connectivity index (χ0v) is 10.5. The van der Waals surface area contributed by atoms with Crippen molar-refractivity contribution in [3.05, 3.63) is 39.0 Å². The Morgan fingerprint density at radius 1 is 1.44 bits per heavy atom. The van der Waals surface area contributed by atoms with Crippen molar-refractivity contribution in [1.29, 1.82) is 0 Å². The Balaban J connectivity index is 2.40. The van der Waals surface area contributed by atoms with Gasteiger partial charge in [-0.3, -0.25) is 14.0 Å². The van der Waals surface area contributed by atoms with Gasteiger partial charge in [0, 0.05) is 7.05 Å². The highest BCUT2D eigenvalue weighted by Gasteiger charge is 2.08. The number of aryl methyl sites for hydroxylation is 2. The van der Waals surface area contributed by atoms with Gasteiger partial charge in [0.25, 0.3) is 5.56 Å². The second-order valence-corrected chi connectivity index (χ2v) is 4.17. The van der Waals surface area contributed by atoms with E-state index in [9.17, 15) is 4.79 Å². The Bertz CT molecular complexity index is 574. The van der Waals surface area contributed by atoms with Gasteiger partial charge in [-0.15, -0.1) is 0 Å². The summed E-state index contributed by atoms with van der Waals surface area (Å²) in [5.41, 5.74) is 0.565. The molecular formula is C9H10BrN5O. The van der Waals surface area contributed by atoms with Gasteiger partial charge < -0.3 is 0 Å². The van der Waals surface area contributed by atoms with Gasteiger partial charge in [-0.1, -0.05) is 0 Å². The van der Waals surface area contributed by atoms with Crippen molar-refractivity contribution in [1.82, 2.24) is 24.3 Å². The van der Waals surface area contributed by atoms with Gasteiger partial charge in [0.1, 0.15) is 16.6 Å². The highest BCUT2D eigenvalue weighted by atomic mass is 79.9. The first kappa shape index (κ1) is 11.0. The monoisotopic (exact) mass is 283 g/mol. The van der Waals surface area contributed by atoms with E-state index in [1.54, 1.807) is 18.7 Å². The molecule has 2 heterocycles. The average Bonchev–Trinajstić information content (AvgIpc) is 2.65. The summed E-state index contributed by atoms with van der Waals surface area (Å²) in [7, 11) is 1.78. The van der Waals surface area contributed by atoms with Crippen molar-refractivity contribution in [3.63, 3.8) is 0 Å². The maximum atomic E-state index is 11.8. The zero-order chi connectivity index (χ0) is 11.7. The smallest absolute Gasteiger partial charge is 0.268 e. The lowest BCUT2D eigenvalue weighted by Crippen LogP contribution is -2.24. The Kier molecular flexibility index (Phi) is 2.86. The molecule has 0 amide bonds. The zero-order valence-electron chi connectivity index (χ0n) is 8.88. The van der Waals surface area contributed by atoms with E-state index < -0.39 is 0 Å². The van der Waals surface area contributed by atoms with E-state index in [0.29, 0.717) is 22.5 Å². The lowest BCUT2D eigenvalue weighted by Gasteiger charge is -2.05. The summed E-state index contributed by atoms with van der Waals surface area (Å²) in [5, 5.41) is 3.94. The largest absolute Gasteiger partial charge is 0.291 e. The third-order valence-corrected chi connectivity index (χ3v) is 3.19. The highest BCUT2D eigenvalue weighted by molar-refractivity contribution is 9.10. The second-order valence-electron chi connectivity index (χ2n) is 3.38. The third-order valence-electron chi connectivity index (χ3n) is 2.27. The first-order valence-corrected chi connectivity index (χ1v) is 5.43. The van der Waals surface area contributed by atoms with E-state index in [1.807, 2.05) is 0 Å². The summed E-state index contributed by atoms with van der Waals surface area (Å²) in [6, 6.07) is 0. The normalized spacial score (nSPS) is 10.7. The molecule has 0 saturated carbocycles. The SMILES string of the molecule is Cc1ncn(Cc2ncnn2C)c(=O)c1Br. The lowest BCUT2D eigenvalue weighted by molar-refractivity contribution is 0.629. The first-order chi connectivity index (χ1) is 7.59. The predicted octanol–water partition coefficient (Wildman–Crippen LogP) is 0.491. The fourth-order valence-electron chi connectivity index (χ4n) is 1.27. The average molecular weight is 284 g/mol. The molecule has 0 spiro atoms. The summed E-state index contributed by atoms with van der Waals surface area (Å²) in [6.45, 7) is 2.14. The second kappa shape index (κ2) is 4.17. The highest BCUT2D eigenvalue weighted by Crippen LogP contribution is 2.06. The van der Waals surface area contributed by atoms with E-state index in [4.69, 9.17) is 0 Å². The van der Waals surface area contributed by atoms with Crippen molar-refractivity contribution >= 4 is 15.9 Å². The molecule has 2 aromatic rings. The number of aromatic nitrogens is 5. The molecule has 0 aliphatic carbocycles. The first-order valence-electron chi connectivity index (χ1n) is 4.64. The van der Waals surface area contributed by atoms with Crippen LogP contribution in [0.1, 0.15) is 11.5 Å². The fourth-order valence-corrected chi connectivity index (χ4v) is 1.60. The molecule has 0 unspecified atom stereocenters. The molecule has 0 bridgehead atoms. The molecule has 2 aromatic heterocycles. The predicted molar refractivity (Wildman–Crippen MR) is 61.0 cm³/mol. The summed E-state index contributed by atoms with van der Waals surface area (Å²) in [4.78, 5) is 20.0. The molecule has 0 aliphatic heterocycles. The molecule has 6 nitrogen and oxygen atoms in total. The lowest BCUT2D eigenvalue weighted by atomic mass is 10.4. The van der Waals surface area contributed by atoms with Crippen molar-refractivity contribution in [2.45, 2.75) is 13.5 Å². The Morgan fingerprint density at radius 3 is 2.81 bits per heavy atom. The van der Waals surface area contributed by atoms with Crippen molar-refractivity contribution in [2.24, 2.45) is 7.05 Å². The number of rotatable bonds is 2. The van der Waals surface area contributed by atoms with Gasteiger partial charge in [0.2, 0.25) is 0 Å². The third kappa shape index (κ3) is 1.90. The van der Waals surface area contributed by atoms with Crippen LogP contribution in [0.3, 0.4) is 0 Å². The Hall–Kier alpha value is -1.50. The molecule has 0 atom stereocenters. The molecule has 84 valence electrons. The minimum atomic E-state index is -0.115. The van der Waals surface area contributed by atoms with Crippen molar-refractivity contribution < 1.29 is 0 Å². The topological polar surface area (TPSA) is 65.6 Å². The molecule has 0 fully saturated rings. The van der Waals surface area contributed by atoms with Crippen molar-refractivity contribution in [2.75, 3.05) is 0 Å². The van der Waals surface area contributed by atoms with E-state index in [0.717, 1.165) is 0 Å². The van der Waals surface area contributed by atoms with E-state index >= 15 is 0 Å². The molecule has 2 rings (SSSR count). The van der Waals surface area contributed by atoms with Gasteiger partial charge in [0.15, 0.2) is 0 Å². The Morgan fingerprint density at radius 2 is 2.19 bits per heavy atom. The van der Waals surface area contributed by atoms with Crippen LogP contribution >= 0.6 is 15.9 Å². The summed E-state index contributed by atoms with van der Waals surface area (Å²) < 4.78 is 3.60. The van der Waals surface area contributed by atoms with Crippen LogP contribution in [0.5, 0.6) is 0 Å². The van der Waals surface area contributed by atoms with E-state index in [1.165, 1.54) is 17.2 Å². The minimum Gasteiger partial charge on any atom is -0.291 e. The van der Waals surface area contributed by atoms with Crippen LogP contribution in [0.15, 0.2) is 21.9 Å². The summed E-state index contributed by atoms with van der Waals surface area (Å²) in [6.07, 6.45) is 2.97. The molecule has 0 saturated heterocycles. The molecule has 16 heavy (non-hydrogen) atoms. The van der Waals surface area contributed by atoms with Crippen LogP contribution in [0.4, 0.5) is 0 Å². The van der Waals surface area contributed by atoms with Crippen LogP contribution < -0.4 is 5.56 Å². The number of hydrogen-bond acceptors (Lipinski definition) is 4. The maximum absolute atomic E-state index is 11.8. The van der Waals surface area contributed by atoms with Crippen molar-refractivity contribution in [3.8, 4) is 0 Å². The molecule has 7 heteroatoms. The van der Waals surface area contributed by atoms with E-state index in [-0.39, 0.29) is 5.56 Å². The standard InChI is InChI=1S/C9H10BrN5O/c1-6-8(10)9(16)15(5-12-6)3-7-11-4-13-14(7)2/h4-5H,3H2,1-2H3. The molecular weight excluding hydrogens is 274 g/mol. The number of nitrogens with zero attached hydrogens (tertiary/aromatic N) is 5. The van der Waals surface area contributed by atoms with Gasteiger partial charge in [-0.05, 0) is 22.9 Å². The number of halogens is 1. The van der Waals surface area contributed by atoms with Gasteiger partial charge >= 0.3 is 0 Å². The van der Waals surface area contributed by atoms with Gasteiger partial charge in [-0.25, -0.2) is 9.97 Å². The maximum Gasteiger partial charge on any atom is 0.268 e. The summed E-state index contributed by atoms with van der Waals surface area (Å²) >= 11 is 3.21. The molecule has 0 radical (unpaired) electrons. The van der Waals surface area contributed by atoms with E-state index in [2.05, 4.69) is 31.0 Å². The van der Waals surface area contributed by atoms with Crippen LogP contribution in [-0.2, 0) is 13.6 Å². The van der Waals surface area contributed by atoms with Gasteiger partial charge in [-0.2, -0.15) is 5.10 Å². The van der Waals surface area contributed by atoms with Gasteiger partial charge in [0.05, 0.1) is 18.6 Å². The van der Waals surface area contributed by atoms with Crippen LogP contribution in [0.25, 0.3) is 0 Å². The molecule has 0 aliphatic rings. The van der Waals surface area contributed by atoms with Crippen LogP contribution in [0.2, 0.25) is 0 Å². The molecule has 0 N–H and O–H groups in total. The minimum absolute atomic E-state index is 0.115. The molecule has 0 aromatic carbocycles. The summed E-state index contributed by atoms with van der Waals surface area (Å²) in [5.74, 6) is 0.708. The van der Waals surface area contributed by atoms with Crippen LogP contribution in [-0.4, -0.2) is 24.3 Å². The fraction of sp³-hybridized carbons (Fsp3) is 0.333. The Labute approximate surface area is 100 Å².